The molecule has 0 unspecified atom stereocenters. The predicted octanol–water partition coefficient (Wildman–Crippen LogP) is -8.10. The fraction of sp³-hybridized carbons (Fsp3) is 0.558. The first-order valence-corrected chi connectivity index (χ1v) is 44.0. The van der Waals surface area contributed by atoms with Crippen LogP contribution in [0.5, 0.6) is 5.75 Å². The Bertz CT molecular complexity index is 4850. The zero-order chi connectivity index (χ0) is 101. The molecule has 5 rings (SSSR count). The van der Waals surface area contributed by atoms with E-state index in [1.165, 1.54) is 55.5 Å². The van der Waals surface area contributed by atoms with Crippen molar-refractivity contribution in [2.75, 3.05) is 32.8 Å². The third-order valence-corrected chi connectivity index (χ3v) is 21.6. The second kappa shape index (κ2) is 54.0. The number of aliphatic hydroxyl groups is 2. The number of aliphatic carboxylic acids is 1. The number of nitrogens with one attached hydrogen (secondary N) is 18. The molecular weight excluding hydrogens is 1770 g/mol. The van der Waals surface area contributed by atoms with Gasteiger partial charge < -0.3 is 143 Å². The molecule has 1 saturated heterocycles. The van der Waals surface area contributed by atoms with Crippen molar-refractivity contribution in [3.8, 4) is 5.75 Å². The third kappa shape index (κ3) is 36.7. The topological polar surface area (TPSA) is 784 Å². The number of aromatic amines is 2. The lowest BCUT2D eigenvalue weighted by Gasteiger charge is -2.29. The number of carbonyl (C=O) groups excluding carboxylic acids is 20. The number of hydrogen-bond donors (Lipinski definition) is 26. The fourth-order valence-electron chi connectivity index (χ4n) is 14.2. The Morgan fingerprint density at radius 2 is 0.933 bits per heavy atom. The van der Waals surface area contributed by atoms with Gasteiger partial charge in [0.05, 0.1) is 63.6 Å². The molecule has 1 aliphatic rings. The van der Waals surface area contributed by atoms with Gasteiger partial charge in [0.15, 0.2) is 0 Å². The molecule has 0 aliphatic carbocycles. The standard InChI is InChI=1S/C86H128N24O25/c1-12-43(8)70(85(134)106-61(32-69(119)120)81(130)100-53(72(90)121)30-64(88)114)108-74(123)45(10)97-76(125)59(29-49-35-91-39-95-49)104-84(133)63-18-15-23-110(63)68(118)37-94-75(124)54(24-40(2)3)101-77(126)55(25-41(4)5)102-79(128)57(27-47-19-21-50(113)22-20-47)99-67(117)36-93-73(122)44(9)96-83(132)62(38-111)107-80(129)60(31-65(89)115)103-78(127)56(26-42(6)7)105-86(135)71(46(11)112)109-82(131)58(98-66(116)33-87)28-48-34-92-52-17-14-13-16-51(48)52/h13-14,16-17,19-22,34-35,39-46,53-63,70-71,92,111-113H,12,15,18,23-33,36-38,87H2,1-11H3,(H2,88,114)(H2,89,115)(H2,90,121)(H,91,95)(H,93,122)(H,94,124)(H,96,132)(H,97,125)(H,98,116)(H,99,117)(H,100,130)(H,101,126)(H,102,128)(H,103,127)(H,104,133)(H,105,135)(H,106,134)(H,107,129)(H,108,123)(H,109,131)(H,119,120)/t43-,44-,45-,46+,53-,54-,55-,56-,57-,58-,59-,60-,61-,62-,63-,70-,71-/m0/s1. The van der Waals surface area contributed by atoms with Crippen LogP contribution in [0.15, 0.2) is 67.3 Å². The summed E-state index contributed by atoms with van der Waals surface area (Å²) in [7, 11) is 0. The number of nitrogens with two attached hydrogens (primary N) is 4. The number of amides is 20. The smallest absolute Gasteiger partial charge is 0.305 e. The van der Waals surface area contributed by atoms with Crippen molar-refractivity contribution in [1.82, 2.24) is 105 Å². The number of H-pyrrole nitrogens is 2. The number of aromatic hydroxyl groups is 1. The number of rotatable bonds is 56. The van der Waals surface area contributed by atoms with E-state index in [4.69, 9.17) is 22.9 Å². The number of carbonyl (C=O) groups is 21. The van der Waals surface area contributed by atoms with Gasteiger partial charge in [0, 0.05) is 49.1 Å². The second-order valence-electron chi connectivity index (χ2n) is 34.3. The van der Waals surface area contributed by atoms with Crippen molar-refractivity contribution >= 4 is 135 Å². The number of likely N-dealkylation sites (tertiary alicyclic amines) is 1. The number of carboxylic acids is 1. The highest BCUT2D eigenvalue weighted by Gasteiger charge is 2.42. The minimum absolute atomic E-state index is 0.00541. The molecule has 1 aliphatic heterocycles. The Labute approximate surface area is 777 Å². The quantitative estimate of drug-likeness (QED) is 0.0195. The van der Waals surface area contributed by atoms with E-state index in [-0.39, 0.29) is 93.5 Å². The molecule has 0 spiro atoms. The molecule has 49 heteroatoms. The van der Waals surface area contributed by atoms with Crippen LogP contribution in [0.4, 0.5) is 0 Å². The predicted molar refractivity (Wildman–Crippen MR) is 480 cm³/mol. The van der Waals surface area contributed by atoms with Gasteiger partial charge in [0.1, 0.15) is 96.4 Å². The Balaban J connectivity index is 1.21. The van der Waals surface area contributed by atoms with Crippen LogP contribution in [-0.2, 0) is 120 Å². The van der Waals surface area contributed by atoms with E-state index in [2.05, 4.69) is 100 Å². The number of benzene rings is 2. The molecule has 3 heterocycles. The summed E-state index contributed by atoms with van der Waals surface area (Å²) in [6.45, 7) is 13.8. The first kappa shape index (κ1) is 111. The van der Waals surface area contributed by atoms with Gasteiger partial charge in [-0.25, -0.2) is 4.98 Å². The summed E-state index contributed by atoms with van der Waals surface area (Å²) in [5.41, 5.74) is 23.5. The van der Waals surface area contributed by atoms with Crippen LogP contribution in [0.1, 0.15) is 151 Å². The lowest BCUT2D eigenvalue weighted by molar-refractivity contribution is -0.142. The number of phenolic OH excluding ortho intramolecular Hbond substituents is 1. The number of fused-ring (bicyclic) bond motifs is 1. The van der Waals surface area contributed by atoms with E-state index in [0.29, 0.717) is 11.1 Å². The van der Waals surface area contributed by atoms with Crippen LogP contribution in [0.2, 0.25) is 0 Å². The molecule has 1 fully saturated rings. The Kier molecular flexibility index (Phi) is 44.5. The molecule has 2 aromatic carbocycles. The lowest BCUT2D eigenvalue weighted by Crippen LogP contribution is -2.62. The average Bonchev–Trinajstić information content (AvgIpc) is 1.71. The van der Waals surface area contributed by atoms with Crippen LogP contribution in [-0.4, -0.2) is 294 Å². The first-order valence-electron chi connectivity index (χ1n) is 44.0. The molecule has 4 aromatic rings. The van der Waals surface area contributed by atoms with E-state index in [9.17, 15) is 121 Å². The van der Waals surface area contributed by atoms with Gasteiger partial charge in [0.2, 0.25) is 118 Å². The van der Waals surface area contributed by atoms with Crippen LogP contribution >= 0.6 is 0 Å². The van der Waals surface area contributed by atoms with Crippen LogP contribution in [0, 0.1) is 23.7 Å². The van der Waals surface area contributed by atoms with Crippen molar-refractivity contribution in [3.63, 3.8) is 0 Å². The van der Waals surface area contributed by atoms with Gasteiger partial charge in [-0.1, -0.05) is 92.1 Å². The summed E-state index contributed by atoms with van der Waals surface area (Å²) in [5, 5.41) is 80.4. The number of imidazole rings is 1. The lowest BCUT2D eigenvalue weighted by atomic mass is 9.97. The summed E-state index contributed by atoms with van der Waals surface area (Å²) >= 11 is 0. The van der Waals surface area contributed by atoms with Gasteiger partial charge in [-0.3, -0.25) is 101 Å². The molecule has 2 aromatic heterocycles. The molecule has 135 heavy (non-hydrogen) atoms. The van der Waals surface area contributed by atoms with E-state index in [0.717, 1.165) is 17.8 Å². The monoisotopic (exact) mass is 1900 g/mol. The molecular formula is C86H128N24O25. The van der Waals surface area contributed by atoms with Gasteiger partial charge >= 0.3 is 5.97 Å². The Morgan fingerprint density at radius 1 is 0.474 bits per heavy atom. The molecule has 0 bridgehead atoms. The van der Waals surface area contributed by atoms with E-state index < -0.39 is 272 Å². The minimum atomic E-state index is -1.91. The maximum atomic E-state index is 14.5. The number of para-hydroxylation sites is 1. The summed E-state index contributed by atoms with van der Waals surface area (Å²) in [5.74, 6) is -23.6. The molecule has 20 amide bonds. The Hall–Kier alpha value is -14.3. The molecule has 17 atom stereocenters. The zero-order valence-corrected chi connectivity index (χ0v) is 77.0. The van der Waals surface area contributed by atoms with E-state index in [1.807, 2.05) is 0 Å². The third-order valence-electron chi connectivity index (χ3n) is 21.6. The van der Waals surface area contributed by atoms with Crippen molar-refractivity contribution in [1.29, 1.82) is 0 Å². The van der Waals surface area contributed by atoms with Gasteiger partial charge in [-0.05, 0) is 106 Å². The number of aliphatic hydroxyl groups excluding tert-OH is 2. The van der Waals surface area contributed by atoms with Crippen LogP contribution in [0.25, 0.3) is 10.9 Å². The number of hydrogen-bond acceptors (Lipinski definition) is 26. The molecule has 0 radical (unpaired) electrons. The highest BCUT2D eigenvalue weighted by molar-refractivity contribution is 6.03. The van der Waals surface area contributed by atoms with Crippen molar-refractivity contribution in [2.24, 2.45) is 46.6 Å². The van der Waals surface area contributed by atoms with Crippen LogP contribution in [0.3, 0.4) is 0 Å². The highest BCUT2D eigenvalue weighted by Crippen LogP contribution is 2.23. The summed E-state index contributed by atoms with van der Waals surface area (Å²) in [6.07, 6.45) is -0.268. The van der Waals surface area contributed by atoms with E-state index in [1.54, 1.807) is 85.9 Å². The number of aromatic nitrogens is 3. The summed E-state index contributed by atoms with van der Waals surface area (Å²) in [6, 6.07) is -10.9. The number of nitrogens with zero attached hydrogens (tertiary/aromatic N) is 2. The maximum Gasteiger partial charge on any atom is 0.305 e. The van der Waals surface area contributed by atoms with Crippen LogP contribution < -0.4 is 108 Å². The highest BCUT2D eigenvalue weighted by atomic mass is 16.4. The summed E-state index contributed by atoms with van der Waals surface area (Å²) < 4.78 is 0. The second-order valence-corrected chi connectivity index (χ2v) is 34.3. The van der Waals surface area contributed by atoms with E-state index >= 15 is 0 Å². The SMILES string of the molecule is CC[C@H](C)[C@H](NC(=O)[C@H](C)NC(=O)[C@H](Cc1c[nH]cn1)NC(=O)[C@@H]1CCCN1C(=O)CNC(=O)[C@H](CC(C)C)NC(=O)[C@H](CC(C)C)NC(=O)[C@H](Cc1ccc(O)cc1)NC(=O)CNC(=O)[C@H](C)NC(=O)[C@H](CO)NC(=O)[C@H](CC(N)=O)NC(=O)[C@H](CC(C)C)NC(=O)[C@@H](NC(=O)[C@H](Cc1c[nH]c2ccccc12)NC(=O)CN)[C@@H](C)O)C(=O)N[C@@H](CC(=O)O)C(=O)N[C@@H](CC(N)=O)C(N)=O. The van der Waals surface area contributed by atoms with Gasteiger partial charge in [-0.2, -0.15) is 0 Å². The first-order chi connectivity index (χ1) is 63.5. The van der Waals surface area contributed by atoms with Crippen molar-refractivity contribution in [3.05, 3.63) is 84.1 Å². The molecule has 0 saturated carbocycles. The number of primary amides is 3. The Morgan fingerprint density at radius 3 is 1.47 bits per heavy atom. The van der Waals surface area contributed by atoms with Crippen molar-refractivity contribution < 1.29 is 121 Å². The molecule has 30 N–H and O–H groups in total. The van der Waals surface area contributed by atoms with Crippen molar-refractivity contribution in [2.45, 2.75) is 250 Å². The number of carboxylic acid groups (broad SMARTS) is 1. The van der Waals surface area contributed by atoms with Gasteiger partial charge in [0.25, 0.3) is 0 Å². The minimum Gasteiger partial charge on any atom is -0.508 e. The zero-order valence-electron chi connectivity index (χ0n) is 77.0. The number of phenols is 1. The van der Waals surface area contributed by atoms with Gasteiger partial charge in [-0.15, -0.1) is 0 Å². The largest absolute Gasteiger partial charge is 0.508 e. The average molecular weight is 1900 g/mol. The summed E-state index contributed by atoms with van der Waals surface area (Å²) in [4.78, 5) is 295. The normalized spacial score (nSPS) is 15.9. The molecule has 49 nitrogen and oxygen atoms in total. The molecule has 742 valence electrons. The fourth-order valence-corrected chi connectivity index (χ4v) is 14.2. The maximum absolute atomic E-state index is 14.5.